The minimum Gasteiger partial charge on any atom is -0.439 e. The third-order valence-electron chi connectivity index (χ3n) is 4.03. The summed E-state index contributed by atoms with van der Waals surface area (Å²) in [4.78, 5) is 28.1. The Morgan fingerprint density at radius 3 is 2.50 bits per heavy atom. The van der Waals surface area contributed by atoms with E-state index in [1.807, 2.05) is 6.07 Å². The molecule has 4 aromatic rings. The van der Waals surface area contributed by atoms with Crippen LogP contribution in [0.5, 0.6) is 17.4 Å². The van der Waals surface area contributed by atoms with Gasteiger partial charge in [0.15, 0.2) is 5.58 Å². The maximum atomic E-state index is 12.1. The third kappa shape index (κ3) is 3.93. The lowest BCUT2D eigenvalue weighted by atomic mass is 10.3. The molecule has 0 saturated carbocycles. The molecule has 0 radical (unpaired) electrons. The number of carbonyl (C=O) groups excluding carboxylic acids is 1. The molecular weight excluding hydrogens is 360 g/mol. The molecule has 2 aromatic heterocycles. The molecule has 4 rings (SSSR count). The van der Waals surface area contributed by atoms with Gasteiger partial charge in [-0.25, -0.2) is 9.78 Å². The van der Waals surface area contributed by atoms with Gasteiger partial charge in [0.1, 0.15) is 11.5 Å². The van der Waals surface area contributed by atoms with E-state index in [0.717, 1.165) is 0 Å². The number of carbonyl (C=O) groups is 1. The largest absolute Gasteiger partial charge is 0.439 e. The number of nitrogens with zero attached hydrogens (tertiary/aromatic N) is 2. The van der Waals surface area contributed by atoms with Crippen molar-refractivity contribution in [3.63, 3.8) is 0 Å². The number of aromatic nitrogens is 2. The van der Waals surface area contributed by atoms with Crippen LogP contribution in [0.3, 0.4) is 0 Å². The van der Waals surface area contributed by atoms with E-state index in [1.54, 1.807) is 66.9 Å². The molecule has 2 aromatic carbocycles. The monoisotopic (exact) mass is 376 g/mol. The summed E-state index contributed by atoms with van der Waals surface area (Å²) in [5.41, 5.74) is 1.14. The SMILES string of the molecule is O=C(CCn1c(=O)oc2ccccc21)Oc1ccc(Oc2ccccn2)cc1. The van der Waals surface area contributed by atoms with E-state index < -0.39 is 11.7 Å². The normalized spacial score (nSPS) is 10.7. The quantitative estimate of drug-likeness (QED) is 0.376. The highest BCUT2D eigenvalue weighted by molar-refractivity contribution is 5.74. The second-order valence-corrected chi connectivity index (χ2v) is 5.95. The molecule has 28 heavy (non-hydrogen) atoms. The van der Waals surface area contributed by atoms with Crippen LogP contribution in [0.2, 0.25) is 0 Å². The number of hydrogen-bond acceptors (Lipinski definition) is 6. The molecule has 0 aliphatic rings. The molecule has 0 aliphatic heterocycles. The fraction of sp³-hybridized carbons (Fsp3) is 0.0952. The van der Waals surface area contributed by atoms with Gasteiger partial charge in [-0.1, -0.05) is 18.2 Å². The molecule has 0 spiro atoms. The van der Waals surface area contributed by atoms with Gasteiger partial charge in [-0.05, 0) is 42.5 Å². The summed E-state index contributed by atoms with van der Waals surface area (Å²) in [5.74, 6) is 0.503. The Hall–Kier alpha value is -3.87. The van der Waals surface area contributed by atoms with Crippen molar-refractivity contribution in [2.75, 3.05) is 0 Å². The Kier molecular flexibility index (Phi) is 4.88. The van der Waals surface area contributed by atoms with Gasteiger partial charge in [0, 0.05) is 18.8 Å². The topological polar surface area (TPSA) is 83.6 Å². The standard InChI is InChI=1S/C21H16N2O5/c24-20(12-14-23-17-5-1-2-6-18(17)28-21(23)25)27-16-10-8-15(9-11-16)26-19-7-3-4-13-22-19/h1-11,13H,12,14H2. The number of esters is 1. The summed E-state index contributed by atoms with van der Waals surface area (Å²) in [6, 6.07) is 19.1. The maximum absolute atomic E-state index is 12.1. The predicted octanol–water partition coefficient (Wildman–Crippen LogP) is 3.78. The molecular formula is C21H16N2O5. The molecule has 0 aliphatic carbocycles. The Morgan fingerprint density at radius 1 is 0.964 bits per heavy atom. The molecule has 0 fully saturated rings. The number of hydrogen-bond donors (Lipinski definition) is 0. The summed E-state index contributed by atoms with van der Waals surface area (Å²) in [7, 11) is 0. The predicted molar refractivity (Wildman–Crippen MR) is 101 cm³/mol. The Bertz CT molecular complexity index is 1150. The molecule has 0 amide bonds. The van der Waals surface area contributed by atoms with Gasteiger partial charge in [-0.3, -0.25) is 9.36 Å². The Morgan fingerprint density at radius 2 is 1.71 bits per heavy atom. The van der Waals surface area contributed by atoms with Crippen LogP contribution in [-0.4, -0.2) is 15.5 Å². The van der Waals surface area contributed by atoms with Crippen LogP contribution in [0.15, 0.2) is 82.1 Å². The zero-order chi connectivity index (χ0) is 19.3. The fourth-order valence-electron chi connectivity index (χ4n) is 2.72. The average molecular weight is 376 g/mol. The van der Waals surface area contributed by atoms with E-state index in [4.69, 9.17) is 13.9 Å². The molecule has 0 bridgehead atoms. The first-order valence-electron chi connectivity index (χ1n) is 8.67. The van der Waals surface area contributed by atoms with Crippen LogP contribution < -0.4 is 15.2 Å². The summed E-state index contributed by atoms with van der Waals surface area (Å²) in [6.07, 6.45) is 1.68. The van der Waals surface area contributed by atoms with Crippen molar-refractivity contribution in [1.82, 2.24) is 9.55 Å². The lowest BCUT2D eigenvalue weighted by Gasteiger charge is -2.07. The molecule has 2 heterocycles. The number of oxazole rings is 1. The third-order valence-corrected chi connectivity index (χ3v) is 4.03. The molecule has 0 N–H and O–H groups in total. The van der Waals surface area contributed by atoms with E-state index in [1.165, 1.54) is 4.57 Å². The van der Waals surface area contributed by atoms with Crippen LogP contribution in [0.25, 0.3) is 11.1 Å². The Labute approximate surface area is 159 Å². The second-order valence-electron chi connectivity index (χ2n) is 5.95. The first-order valence-corrected chi connectivity index (χ1v) is 8.67. The molecule has 0 saturated heterocycles. The highest BCUT2D eigenvalue weighted by Gasteiger charge is 2.12. The minimum absolute atomic E-state index is 0.0373. The van der Waals surface area contributed by atoms with Crippen molar-refractivity contribution < 1.29 is 18.7 Å². The number of para-hydroxylation sites is 2. The molecule has 140 valence electrons. The van der Waals surface area contributed by atoms with Gasteiger partial charge in [0.25, 0.3) is 0 Å². The van der Waals surface area contributed by atoms with Crippen LogP contribution >= 0.6 is 0 Å². The summed E-state index contributed by atoms with van der Waals surface area (Å²) in [6.45, 7) is 0.176. The summed E-state index contributed by atoms with van der Waals surface area (Å²) < 4.78 is 17.5. The fourth-order valence-corrected chi connectivity index (χ4v) is 2.72. The van der Waals surface area contributed by atoms with Crippen molar-refractivity contribution in [2.45, 2.75) is 13.0 Å². The minimum atomic E-state index is -0.495. The number of benzene rings is 2. The second kappa shape index (κ2) is 7.79. The zero-order valence-electron chi connectivity index (χ0n) is 14.8. The number of rotatable bonds is 6. The number of aryl methyl sites for hydroxylation is 1. The first-order chi connectivity index (χ1) is 13.7. The van der Waals surface area contributed by atoms with E-state index in [2.05, 4.69) is 4.98 Å². The van der Waals surface area contributed by atoms with Gasteiger partial charge in [-0.15, -0.1) is 0 Å². The zero-order valence-corrected chi connectivity index (χ0v) is 14.8. The summed E-state index contributed by atoms with van der Waals surface area (Å²) >= 11 is 0. The maximum Gasteiger partial charge on any atom is 0.419 e. The van der Waals surface area contributed by atoms with Gasteiger partial charge < -0.3 is 13.9 Å². The lowest BCUT2D eigenvalue weighted by Crippen LogP contribution is -2.18. The van der Waals surface area contributed by atoms with Crippen LogP contribution in [0.1, 0.15) is 6.42 Å². The van der Waals surface area contributed by atoms with Crippen LogP contribution in [0, 0.1) is 0 Å². The molecule has 7 nitrogen and oxygen atoms in total. The smallest absolute Gasteiger partial charge is 0.419 e. The highest BCUT2D eigenvalue weighted by atomic mass is 16.5. The number of fused-ring (bicyclic) bond motifs is 1. The van der Waals surface area contributed by atoms with Crippen molar-refractivity contribution in [2.24, 2.45) is 0 Å². The van der Waals surface area contributed by atoms with E-state index in [-0.39, 0.29) is 13.0 Å². The van der Waals surface area contributed by atoms with Crippen LogP contribution in [-0.2, 0) is 11.3 Å². The highest BCUT2D eigenvalue weighted by Crippen LogP contribution is 2.22. The van der Waals surface area contributed by atoms with Gasteiger partial charge in [-0.2, -0.15) is 0 Å². The van der Waals surface area contributed by atoms with Crippen molar-refractivity contribution >= 4 is 17.1 Å². The van der Waals surface area contributed by atoms with E-state index in [0.29, 0.717) is 28.5 Å². The van der Waals surface area contributed by atoms with Crippen LogP contribution in [0.4, 0.5) is 0 Å². The van der Waals surface area contributed by atoms with Crippen molar-refractivity contribution in [1.29, 1.82) is 0 Å². The summed E-state index contributed by atoms with van der Waals surface area (Å²) in [5, 5.41) is 0. The van der Waals surface area contributed by atoms with Gasteiger partial charge in [0.05, 0.1) is 11.9 Å². The van der Waals surface area contributed by atoms with Crippen molar-refractivity contribution in [3.05, 3.63) is 83.5 Å². The van der Waals surface area contributed by atoms with Gasteiger partial charge in [0.2, 0.25) is 5.88 Å². The molecule has 0 atom stereocenters. The van der Waals surface area contributed by atoms with Gasteiger partial charge >= 0.3 is 11.7 Å². The average Bonchev–Trinajstić information content (AvgIpc) is 3.04. The van der Waals surface area contributed by atoms with Crippen molar-refractivity contribution in [3.8, 4) is 17.4 Å². The number of ether oxygens (including phenoxy) is 2. The van der Waals surface area contributed by atoms with E-state index >= 15 is 0 Å². The molecule has 0 unspecified atom stereocenters. The molecule has 7 heteroatoms. The lowest BCUT2D eigenvalue weighted by molar-refractivity contribution is -0.134. The van der Waals surface area contributed by atoms with E-state index in [9.17, 15) is 9.59 Å². The number of pyridine rings is 1. The Balaban J connectivity index is 1.36. The first kappa shape index (κ1) is 17.5.